The molecule has 0 aromatic rings. The first-order valence-electron chi connectivity index (χ1n) is 7.51. The molecule has 0 saturated carbocycles. The van der Waals surface area contributed by atoms with Gasteiger partial charge in [-0.05, 0) is 47.0 Å². The van der Waals surface area contributed by atoms with Crippen LogP contribution in [0.5, 0.6) is 0 Å². The lowest BCUT2D eigenvalue weighted by Crippen LogP contribution is -2.52. The quantitative estimate of drug-likeness (QED) is 0.575. The topological polar surface area (TPSA) is 48.0 Å². The Bertz CT molecular complexity index is 313. The van der Waals surface area contributed by atoms with Gasteiger partial charge in [-0.2, -0.15) is 0 Å². The van der Waals surface area contributed by atoms with E-state index >= 15 is 0 Å². The molecule has 0 aromatic carbocycles. The van der Waals surface area contributed by atoms with Crippen LogP contribution < -0.4 is 0 Å². The van der Waals surface area contributed by atoms with Gasteiger partial charge in [-0.3, -0.25) is 0 Å². The molecule has 5 nitrogen and oxygen atoms in total. The third-order valence-electron chi connectivity index (χ3n) is 3.49. The molecule has 20 heavy (non-hydrogen) atoms. The molecule has 1 aliphatic heterocycles. The summed E-state index contributed by atoms with van der Waals surface area (Å²) in [5.41, 5.74) is -0.764. The number of ether oxygens (including phenoxy) is 3. The minimum absolute atomic E-state index is 0.255. The fraction of sp³-hybridized carbons (Fsp3) is 0.933. The predicted octanol–water partition coefficient (Wildman–Crippen LogP) is 3.18. The predicted molar refractivity (Wildman–Crippen MR) is 77.6 cm³/mol. The molecule has 1 heterocycles. The second kappa shape index (κ2) is 7.27. The van der Waals surface area contributed by atoms with Gasteiger partial charge in [-0.1, -0.05) is 6.92 Å². The number of hydrogen-bond donors (Lipinski definition) is 0. The number of amides is 1. The van der Waals surface area contributed by atoms with Crippen molar-refractivity contribution in [1.82, 2.24) is 4.90 Å². The summed E-state index contributed by atoms with van der Waals surface area (Å²) in [6.45, 7) is 11.9. The molecule has 1 amide bonds. The Labute approximate surface area is 122 Å². The monoisotopic (exact) mass is 287 g/mol. The number of likely N-dealkylation sites (tertiary alicyclic amines) is 1. The summed E-state index contributed by atoms with van der Waals surface area (Å²) in [6.07, 6.45) is 2.49. The van der Waals surface area contributed by atoms with Crippen LogP contribution in [0.1, 0.15) is 53.9 Å². The highest BCUT2D eigenvalue weighted by Gasteiger charge is 2.38. The van der Waals surface area contributed by atoms with Gasteiger partial charge < -0.3 is 19.1 Å². The highest BCUT2D eigenvalue weighted by molar-refractivity contribution is 5.68. The summed E-state index contributed by atoms with van der Waals surface area (Å²) in [5.74, 6) is 0. The molecule has 1 unspecified atom stereocenters. The van der Waals surface area contributed by atoms with Crippen LogP contribution in [0.3, 0.4) is 0 Å². The molecule has 1 aliphatic rings. The third-order valence-corrected chi connectivity index (χ3v) is 3.49. The first-order chi connectivity index (χ1) is 9.32. The normalized spacial score (nSPS) is 23.8. The molecule has 0 N–H and O–H groups in total. The molecule has 0 aromatic heterocycles. The molecular formula is C15H29NO4. The number of nitrogens with zero attached hydrogens (tertiary/aromatic N) is 1. The lowest BCUT2D eigenvalue weighted by Gasteiger charge is -2.42. The SMILES string of the molecule is CCOCOC1(CC)CCCN(C(=O)OC(C)(C)C)C1. The van der Waals surface area contributed by atoms with E-state index in [4.69, 9.17) is 14.2 Å². The molecule has 0 spiro atoms. The second-order valence-corrected chi connectivity index (χ2v) is 6.30. The zero-order valence-corrected chi connectivity index (χ0v) is 13.5. The zero-order valence-electron chi connectivity index (χ0n) is 13.5. The van der Waals surface area contributed by atoms with Gasteiger partial charge in [0.25, 0.3) is 0 Å². The van der Waals surface area contributed by atoms with Crippen LogP contribution >= 0.6 is 0 Å². The number of rotatable bonds is 5. The van der Waals surface area contributed by atoms with E-state index in [-0.39, 0.29) is 18.5 Å². The maximum atomic E-state index is 12.2. The van der Waals surface area contributed by atoms with Gasteiger partial charge >= 0.3 is 6.09 Å². The van der Waals surface area contributed by atoms with Gasteiger partial charge in [0.05, 0.1) is 12.1 Å². The summed E-state index contributed by atoms with van der Waals surface area (Å²) < 4.78 is 16.6. The highest BCUT2D eigenvalue weighted by Crippen LogP contribution is 2.29. The van der Waals surface area contributed by atoms with E-state index in [1.165, 1.54) is 0 Å². The van der Waals surface area contributed by atoms with Crippen LogP contribution in [-0.2, 0) is 14.2 Å². The van der Waals surface area contributed by atoms with Crippen LogP contribution in [-0.4, -0.2) is 48.7 Å². The smallest absolute Gasteiger partial charge is 0.410 e. The molecule has 0 bridgehead atoms. The summed E-state index contributed by atoms with van der Waals surface area (Å²) in [6, 6.07) is 0. The zero-order chi connectivity index (χ0) is 15.2. The van der Waals surface area contributed by atoms with Crippen LogP contribution in [0.25, 0.3) is 0 Å². The summed E-state index contributed by atoms with van der Waals surface area (Å²) in [4.78, 5) is 13.9. The Morgan fingerprint density at radius 3 is 2.55 bits per heavy atom. The Kier molecular flexibility index (Phi) is 6.27. The average molecular weight is 287 g/mol. The van der Waals surface area contributed by atoms with E-state index < -0.39 is 5.60 Å². The van der Waals surface area contributed by atoms with E-state index in [2.05, 4.69) is 6.92 Å². The van der Waals surface area contributed by atoms with Crippen molar-refractivity contribution < 1.29 is 19.0 Å². The minimum atomic E-state index is -0.463. The summed E-state index contributed by atoms with van der Waals surface area (Å²) >= 11 is 0. The van der Waals surface area contributed by atoms with Crippen molar-refractivity contribution in [3.8, 4) is 0 Å². The van der Waals surface area contributed by atoms with Crippen LogP contribution in [0.4, 0.5) is 4.79 Å². The van der Waals surface area contributed by atoms with Crippen LogP contribution in [0, 0.1) is 0 Å². The average Bonchev–Trinajstić information content (AvgIpc) is 2.37. The Balaban J connectivity index is 2.61. The largest absolute Gasteiger partial charge is 0.444 e. The number of hydrogen-bond acceptors (Lipinski definition) is 4. The fourth-order valence-corrected chi connectivity index (χ4v) is 2.34. The highest BCUT2D eigenvalue weighted by atomic mass is 16.7. The van der Waals surface area contributed by atoms with Gasteiger partial charge in [0.2, 0.25) is 0 Å². The van der Waals surface area contributed by atoms with Gasteiger partial charge in [-0.15, -0.1) is 0 Å². The molecular weight excluding hydrogens is 258 g/mol. The molecule has 1 fully saturated rings. The van der Waals surface area contributed by atoms with Gasteiger partial charge in [0.15, 0.2) is 0 Å². The maximum absolute atomic E-state index is 12.2. The van der Waals surface area contributed by atoms with Crippen molar-refractivity contribution in [2.24, 2.45) is 0 Å². The maximum Gasteiger partial charge on any atom is 0.410 e. The Hall–Kier alpha value is -0.810. The fourth-order valence-electron chi connectivity index (χ4n) is 2.34. The number of carbonyl (C=O) groups excluding carboxylic acids is 1. The Morgan fingerprint density at radius 1 is 1.30 bits per heavy atom. The summed E-state index contributed by atoms with van der Waals surface area (Å²) in [7, 11) is 0. The molecule has 1 saturated heterocycles. The first kappa shape index (κ1) is 17.2. The van der Waals surface area contributed by atoms with Crippen molar-refractivity contribution in [3.63, 3.8) is 0 Å². The standard InChI is InChI=1S/C15H29NO4/c1-6-15(19-12-18-7-2)9-8-10-16(11-15)13(17)20-14(3,4)5/h6-12H2,1-5H3. The molecule has 118 valence electrons. The first-order valence-corrected chi connectivity index (χ1v) is 7.51. The van der Waals surface area contributed by atoms with Crippen molar-refractivity contribution >= 4 is 6.09 Å². The number of piperidine rings is 1. The molecule has 5 heteroatoms. The second-order valence-electron chi connectivity index (χ2n) is 6.30. The van der Waals surface area contributed by atoms with Crippen molar-refractivity contribution in [2.75, 3.05) is 26.5 Å². The van der Waals surface area contributed by atoms with Gasteiger partial charge in [-0.25, -0.2) is 4.79 Å². The van der Waals surface area contributed by atoms with E-state index in [0.29, 0.717) is 13.2 Å². The van der Waals surface area contributed by atoms with E-state index in [0.717, 1.165) is 25.8 Å². The summed E-state index contributed by atoms with van der Waals surface area (Å²) in [5, 5.41) is 0. The van der Waals surface area contributed by atoms with Crippen molar-refractivity contribution in [2.45, 2.75) is 65.1 Å². The van der Waals surface area contributed by atoms with Crippen molar-refractivity contribution in [1.29, 1.82) is 0 Å². The number of carbonyl (C=O) groups is 1. The van der Waals surface area contributed by atoms with Crippen molar-refractivity contribution in [3.05, 3.63) is 0 Å². The van der Waals surface area contributed by atoms with E-state index in [1.54, 1.807) is 4.90 Å². The van der Waals surface area contributed by atoms with Gasteiger partial charge in [0.1, 0.15) is 12.4 Å². The van der Waals surface area contributed by atoms with E-state index in [1.807, 2.05) is 27.7 Å². The lowest BCUT2D eigenvalue weighted by atomic mass is 9.90. The van der Waals surface area contributed by atoms with Crippen LogP contribution in [0.15, 0.2) is 0 Å². The molecule has 1 rings (SSSR count). The molecule has 0 aliphatic carbocycles. The van der Waals surface area contributed by atoms with Crippen LogP contribution in [0.2, 0.25) is 0 Å². The molecule has 1 atom stereocenters. The van der Waals surface area contributed by atoms with Gasteiger partial charge in [0, 0.05) is 13.2 Å². The minimum Gasteiger partial charge on any atom is -0.444 e. The van der Waals surface area contributed by atoms with E-state index in [9.17, 15) is 4.79 Å². The Morgan fingerprint density at radius 2 is 2.00 bits per heavy atom. The lowest BCUT2D eigenvalue weighted by molar-refractivity contribution is -0.162. The molecule has 0 radical (unpaired) electrons. The third kappa shape index (κ3) is 5.29.